The number of halogens is 3. The Morgan fingerprint density at radius 1 is 0.914 bits per heavy atom. The van der Waals surface area contributed by atoms with Crippen LogP contribution in [-0.2, 0) is 0 Å². The van der Waals surface area contributed by atoms with Crippen LogP contribution in [0.4, 0.5) is 13.2 Å². The summed E-state index contributed by atoms with van der Waals surface area (Å²) in [4.78, 5) is 21.5. The number of rotatable bonds is 7. The van der Waals surface area contributed by atoms with Crippen molar-refractivity contribution >= 4 is 16.7 Å². The molecule has 0 amide bonds. The standard InChI is InChI=1S/C28H36F3N3O/c29-28(30,31)19-34-16-22-11-14-33(17-23(22)18-34)13-10-20-6-8-21(9-7-20)15-27(35)25-3-1-5-26-24(25)4-2-12-32-26/h1-5,12,20-23H,6-11,13-19H2/t20?,21?,22-,23-/m0/s1. The molecule has 190 valence electrons. The van der Waals surface area contributed by atoms with Crippen LogP contribution in [0.15, 0.2) is 36.5 Å². The second-order valence-corrected chi connectivity index (χ2v) is 11.1. The normalized spacial score (nSPS) is 28.3. The van der Waals surface area contributed by atoms with Gasteiger partial charge in [0, 0.05) is 43.2 Å². The van der Waals surface area contributed by atoms with Crippen LogP contribution in [0.3, 0.4) is 0 Å². The van der Waals surface area contributed by atoms with Gasteiger partial charge in [-0.2, -0.15) is 13.2 Å². The summed E-state index contributed by atoms with van der Waals surface area (Å²) in [7, 11) is 0. The molecule has 0 unspecified atom stereocenters. The summed E-state index contributed by atoms with van der Waals surface area (Å²) >= 11 is 0. The molecule has 7 heteroatoms. The average molecular weight is 488 g/mol. The zero-order valence-electron chi connectivity index (χ0n) is 20.3. The third kappa shape index (κ3) is 6.23. The van der Waals surface area contributed by atoms with Crippen molar-refractivity contribution in [3.8, 4) is 0 Å². The molecule has 0 N–H and O–H groups in total. The quantitative estimate of drug-likeness (QED) is 0.461. The van der Waals surface area contributed by atoms with Gasteiger partial charge in [-0.15, -0.1) is 0 Å². The molecule has 3 heterocycles. The van der Waals surface area contributed by atoms with E-state index < -0.39 is 12.7 Å². The number of aromatic nitrogens is 1. The molecule has 4 nitrogen and oxygen atoms in total. The highest BCUT2D eigenvalue weighted by molar-refractivity contribution is 6.07. The van der Waals surface area contributed by atoms with Gasteiger partial charge >= 0.3 is 6.18 Å². The molecule has 5 rings (SSSR count). The topological polar surface area (TPSA) is 36.4 Å². The number of Topliss-reactive ketones (excluding diaryl/α,β-unsaturated/α-hetero) is 1. The lowest BCUT2D eigenvalue weighted by Crippen LogP contribution is -2.41. The van der Waals surface area contributed by atoms with E-state index >= 15 is 0 Å². The number of piperidine rings is 1. The summed E-state index contributed by atoms with van der Waals surface area (Å²) < 4.78 is 38.3. The molecular formula is C28H36F3N3O. The Morgan fingerprint density at radius 2 is 1.66 bits per heavy atom. The van der Waals surface area contributed by atoms with E-state index in [0.29, 0.717) is 43.2 Å². The third-order valence-electron chi connectivity index (χ3n) is 8.60. The number of carbonyl (C=O) groups is 1. The van der Waals surface area contributed by atoms with E-state index in [2.05, 4.69) is 9.88 Å². The van der Waals surface area contributed by atoms with Gasteiger partial charge in [0.2, 0.25) is 0 Å². The Kier molecular flexibility index (Phi) is 7.44. The van der Waals surface area contributed by atoms with Crippen molar-refractivity contribution < 1.29 is 18.0 Å². The van der Waals surface area contributed by atoms with Crippen LogP contribution in [0.5, 0.6) is 0 Å². The SMILES string of the molecule is O=C(CC1CCC(CCN2CC[C@H]3CN(CC(F)(F)F)C[C@@H]3C2)CC1)c1cccc2ncccc12. The number of fused-ring (bicyclic) bond motifs is 2. The van der Waals surface area contributed by atoms with Crippen LogP contribution in [0, 0.1) is 23.7 Å². The van der Waals surface area contributed by atoms with Crippen LogP contribution < -0.4 is 0 Å². The van der Waals surface area contributed by atoms with Crippen LogP contribution in [0.2, 0.25) is 0 Å². The number of pyridine rings is 1. The minimum absolute atomic E-state index is 0.228. The molecular weight excluding hydrogens is 451 g/mol. The molecule has 1 aromatic heterocycles. The molecule has 2 atom stereocenters. The minimum atomic E-state index is -4.09. The third-order valence-corrected chi connectivity index (χ3v) is 8.60. The summed E-state index contributed by atoms with van der Waals surface area (Å²) in [6, 6.07) is 9.66. The molecule has 2 aromatic rings. The second-order valence-electron chi connectivity index (χ2n) is 11.1. The zero-order chi connectivity index (χ0) is 24.4. The van der Waals surface area contributed by atoms with Gasteiger partial charge in [0.15, 0.2) is 5.78 Å². The first-order valence-electron chi connectivity index (χ1n) is 13.2. The predicted octanol–water partition coefficient (Wildman–Crippen LogP) is 5.82. The molecule has 1 aliphatic carbocycles. The van der Waals surface area contributed by atoms with Gasteiger partial charge in [-0.05, 0) is 74.6 Å². The van der Waals surface area contributed by atoms with Gasteiger partial charge in [0.05, 0.1) is 12.1 Å². The van der Waals surface area contributed by atoms with Gasteiger partial charge in [0.25, 0.3) is 0 Å². The number of carbonyl (C=O) groups excluding carboxylic acids is 1. The van der Waals surface area contributed by atoms with Crippen LogP contribution >= 0.6 is 0 Å². The Morgan fingerprint density at radius 3 is 2.46 bits per heavy atom. The number of nitrogens with zero attached hydrogens (tertiary/aromatic N) is 3. The maximum atomic E-state index is 13.0. The lowest BCUT2D eigenvalue weighted by molar-refractivity contribution is -0.144. The number of ketones is 1. The highest BCUT2D eigenvalue weighted by Gasteiger charge is 2.41. The first kappa shape index (κ1) is 24.7. The van der Waals surface area contributed by atoms with Crippen molar-refractivity contribution in [1.29, 1.82) is 0 Å². The molecule has 3 fully saturated rings. The lowest BCUT2D eigenvalue weighted by atomic mass is 9.78. The van der Waals surface area contributed by atoms with Crippen molar-refractivity contribution in [2.45, 2.75) is 51.1 Å². The smallest absolute Gasteiger partial charge is 0.303 e. The fourth-order valence-electron chi connectivity index (χ4n) is 6.73. The van der Waals surface area contributed by atoms with Crippen molar-refractivity contribution in [2.24, 2.45) is 23.7 Å². The number of benzene rings is 1. The van der Waals surface area contributed by atoms with Crippen molar-refractivity contribution in [3.05, 3.63) is 42.1 Å². The molecule has 2 aliphatic heterocycles. The van der Waals surface area contributed by atoms with Crippen molar-refractivity contribution in [1.82, 2.24) is 14.8 Å². The molecule has 2 saturated heterocycles. The summed E-state index contributed by atoms with van der Waals surface area (Å²) in [5.74, 6) is 2.20. The molecule has 0 bridgehead atoms. The molecule has 35 heavy (non-hydrogen) atoms. The molecule has 3 aliphatic rings. The molecule has 1 aromatic carbocycles. The number of hydrogen-bond donors (Lipinski definition) is 0. The largest absolute Gasteiger partial charge is 0.401 e. The molecule has 0 spiro atoms. The van der Waals surface area contributed by atoms with Gasteiger partial charge in [0.1, 0.15) is 0 Å². The van der Waals surface area contributed by atoms with Gasteiger partial charge in [-0.1, -0.05) is 31.0 Å². The van der Waals surface area contributed by atoms with E-state index in [9.17, 15) is 18.0 Å². The monoisotopic (exact) mass is 487 g/mol. The van der Waals surface area contributed by atoms with Crippen LogP contribution in [-0.4, -0.2) is 66.0 Å². The second kappa shape index (κ2) is 10.6. The van der Waals surface area contributed by atoms with Crippen molar-refractivity contribution in [3.63, 3.8) is 0 Å². The Hall–Kier alpha value is -1.99. The summed E-state index contributed by atoms with van der Waals surface area (Å²) in [6.07, 6.45) is 5.04. The fourth-order valence-corrected chi connectivity index (χ4v) is 6.73. The van der Waals surface area contributed by atoms with Crippen LogP contribution in [0.1, 0.15) is 55.3 Å². The number of likely N-dealkylation sites (tertiary alicyclic amines) is 2. The number of alkyl halides is 3. The Balaban J connectivity index is 1.04. The minimum Gasteiger partial charge on any atom is -0.303 e. The van der Waals surface area contributed by atoms with E-state index in [-0.39, 0.29) is 5.78 Å². The van der Waals surface area contributed by atoms with E-state index in [1.165, 1.54) is 19.3 Å². The zero-order valence-corrected chi connectivity index (χ0v) is 20.3. The fraction of sp³-hybridized carbons (Fsp3) is 0.643. The average Bonchev–Trinajstić information content (AvgIpc) is 3.23. The highest BCUT2D eigenvalue weighted by atomic mass is 19.4. The summed E-state index contributed by atoms with van der Waals surface area (Å²) in [5, 5.41) is 0.946. The van der Waals surface area contributed by atoms with E-state index in [4.69, 9.17) is 0 Å². The highest BCUT2D eigenvalue weighted by Crippen LogP contribution is 2.36. The van der Waals surface area contributed by atoms with E-state index in [1.54, 1.807) is 11.1 Å². The first-order valence-corrected chi connectivity index (χ1v) is 13.2. The predicted molar refractivity (Wildman–Crippen MR) is 131 cm³/mol. The Labute approximate surface area is 205 Å². The lowest BCUT2D eigenvalue weighted by Gasteiger charge is -2.36. The maximum absolute atomic E-state index is 13.0. The first-order chi connectivity index (χ1) is 16.8. The van der Waals surface area contributed by atoms with Gasteiger partial charge in [-0.25, -0.2) is 0 Å². The van der Waals surface area contributed by atoms with E-state index in [0.717, 1.165) is 55.4 Å². The summed E-state index contributed by atoms with van der Waals surface area (Å²) in [5.41, 5.74) is 1.67. The molecule has 0 radical (unpaired) electrons. The maximum Gasteiger partial charge on any atom is 0.401 e. The van der Waals surface area contributed by atoms with E-state index in [1.807, 2.05) is 30.3 Å². The van der Waals surface area contributed by atoms with Crippen LogP contribution in [0.25, 0.3) is 10.9 Å². The number of hydrogen-bond acceptors (Lipinski definition) is 4. The van der Waals surface area contributed by atoms with Gasteiger partial charge < -0.3 is 4.90 Å². The van der Waals surface area contributed by atoms with Gasteiger partial charge in [-0.3, -0.25) is 14.7 Å². The Bertz CT molecular complexity index is 1010. The summed E-state index contributed by atoms with van der Waals surface area (Å²) in [6.45, 7) is 3.46. The van der Waals surface area contributed by atoms with Crippen molar-refractivity contribution in [2.75, 3.05) is 39.3 Å². The molecule has 1 saturated carbocycles.